The molecule has 0 heterocycles. The van der Waals surface area contributed by atoms with Crippen molar-refractivity contribution >= 4 is 0 Å². The van der Waals surface area contributed by atoms with Gasteiger partial charge in [0.25, 0.3) is 0 Å². The zero-order valence-electron chi connectivity index (χ0n) is 4.81. The van der Waals surface area contributed by atoms with E-state index < -0.39 is 0 Å². The molecule has 7 heavy (non-hydrogen) atoms. The quantitative estimate of drug-likeness (QED) is 0.532. The third-order valence-electron chi connectivity index (χ3n) is 0. The van der Waals surface area contributed by atoms with Crippen LogP contribution in [-0.2, 0) is 22.4 Å². The number of hydrogen-bond donors (Lipinski definition) is 1. The molecule has 0 spiro atoms. The van der Waals surface area contributed by atoms with E-state index in [0.29, 0.717) is 0 Å². The maximum Gasteiger partial charge on any atom is 0 e. The van der Waals surface area contributed by atoms with Gasteiger partial charge >= 0.3 is 0 Å². The molecule has 0 amide bonds. The first-order valence-electron chi connectivity index (χ1n) is 1.64. The minimum absolute atomic E-state index is 0. The molecular formula is C4H12NOTa-3. The van der Waals surface area contributed by atoms with E-state index in [2.05, 4.69) is 13.8 Å². The average Bonchev–Trinajstić information content (AvgIpc) is 1.81. The van der Waals surface area contributed by atoms with Crippen molar-refractivity contribution in [1.29, 1.82) is 0 Å². The predicted molar refractivity (Wildman–Crippen MR) is 28.2 cm³/mol. The molecule has 0 atom stereocenters. The summed E-state index contributed by atoms with van der Waals surface area (Å²) in [6.45, 7) is 10.0. The molecule has 0 aliphatic heterocycles. The molecule has 0 aliphatic carbocycles. The first-order chi connectivity index (χ1) is 3.00. The Balaban J connectivity index is -0.00000000900. The second-order valence-corrected chi connectivity index (χ2v) is 0. The molecular weight excluding hydrogens is 259 g/mol. The van der Waals surface area contributed by atoms with Gasteiger partial charge in [-0.3, -0.25) is 0 Å². The van der Waals surface area contributed by atoms with Gasteiger partial charge in [0.2, 0.25) is 0 Å². The van der Waals surface area contributed by atoms with E-state index in [1.54, 1.807) is 13.8 Å². The Morgan fingerprint density at radius 2 is 1.00 bits per heavy atom. The van der Waals surface area contributed by atoms with Crippen LogP contribution in [0.5, 0.6) is 0 Å². The van der Waals surface area contributed by atoms with Crippen molar-refractivity contribution in [3.05, 3.63) is 19.7 Å². The summed E-state index contributed by atoms with van der Waals surface area (Å²) in [4.78, 5) is 0. The van der Waals surface area contributed by atoms with Gasteiger partial charge in [-0.25, -0.2) is 0 Å². The predicted octanol–water partition coefficient (Wildman–Crippen LogP) is 2.11. The molecule has 0 fully saturated rings. The van der Waals surface area contributed by atoms with E-state index in [9.17, 15) is 0 Å². The van der Waals surface area contributed by atoms with E-state index in [1.807, 2.05) is 0 Å². The molecule has 47 valence electrons. The standard InChI is InChI=1S/2C2H5.H2NO.Ta/c3*1-2;/h2*1H2,2H3;1-2H;/q3*-1;. The molecule has 2 nitrogen and oxygen atoms in total. The minimum Gasteiger partial charge on any atom is -0.553 e. The minimum atomic E-state index is 0. The van der Waals surface area contributed by atoms with E-state index in [1.165, 1.54) is 0 Å². The fraction of sp³-hybridized carbons (Fsp3) is 0.500. The normalized spacial score (nSPS) is 2.57. The molecule has 0 aromatic rings. The summed E-state index contributed by atoms with van der Waals surface area (Å²) in [5.74, 6) is 4.75. The second kappa shape index (κ2) is 489. The summed E-state index contributed by atoms with van der Waals surface area (Å²) >= 11 is 0. The van der Waals surface area contributed by atoms with Gasteiger partial charge in [-0.1, -0.05) is 0 Å². The van der Waals surface area contributed by atoms with Gasteiger partial charge in [0.15, 0.2) is 0 Å². The van der Waals surface area contributed by atoms with Crippen LogP contribution >= 0.6 is 0 Å². The van der Waals surface area contributed by atoms with Crippen LogP contribution in [0.15, 0.2) is 0 Å². The van der Waals surface area contributed by atoms with Crippen molar-refractivity contribution in [2.45, 2.75) is 13.8 Å². The van der Waals surface area contributed by atoms with Gasteiger partial charge in [-0.15, -0.1) is 0 Å². The van der Waals surface area contributed by atoms with Crippen LogP contribution in [0.4, 0.5) is 0 Å². The van der Waals surface area contributed by atoms with Crippen molar-refractivity contribution in [2.75, 3.05) is 0 Å². The van der Waals surface area contributed by atoms with E-state index in [-0.39, 0.29) is 22.4 Å². The van der Waals surface area contributed by atoms with Crippen molar-refractivity contribution < 1.29 is 27.6 Å². The Kier molecular flexibility index (Phi) is 1770. The summed E-state index contributed by atoms with van der Waals surface area (Å²) < 4.78 is 0. The Hall–Kier alpha value is 0.660. The third-order valence-corrected chi connectivity index (χ3v) is 0. The molecule has 0 saturated carbocycles. The van der Waals surface area contributed by atoms with Crippen LogP contribution in [0, 0.1) is 13.8 Å². The van der Waals surface area contributed by atoms with Crippen molar-refractivity contribution in [3.63, 3.8) is 0 Å². The molecule has 3 heteroatoms. The third kappa shape index (κ3) is 332. The van der Waals surface area contributed by atoms with Crippen LogP contribution in [0.1, 0.15) is 13.8 Å². The maximum absolute atomic E-state index is 6.25. The zero-order chi connectivity index (χ0) is 6.00. The van der Waals surface area contributed by atoms with Crippen LogP contribution in [0.2, 0.25) is 0 Å². The number of nitrogens with one attached hydrogen (secondary N) is 1. The zero-order valence-corrected chi connectivity index (χ0v) is 8.02. The second-order valence-electron chi connectivity index (χ2n) is 0. The molecule has 0 rings (SSSR count). The summed E-state index contributed by atoms with van der Waals surface area (Å²) in [7, 11) is 0. The molecule has 0 unspecified atom stereocenters. The first-order valence-corrected chi connectivity index (χ1v) is 1.64. The maximum atomic E-state index is 6.25. The van der Waals surface area contributed by atoms with Crippen molar-refractivity contribution in [3.8, 4) is 0 Å². The summed E-state index contributed by atoms with van der Waals surface area (Å²) in [6.07, 6.45) is 0. The van der Waals surface area contributed by atoms with E-state index >= 15 is 0 Å². The molecule has 2 N–H and O–H groups in total. The summed E-state index contributed by atoms with van der Waals surface area (Å²) in [5.41, 5.74) is 0. The van der Waals surface area contributed by atoms with Crippen LogP contribution < -0.4 is 0 Å². The van der Waals surface area contributed by atoms with E-state index in [4.69, 9.17) is 11.1 Å². The van der Waals surface area contributed by atoms with Gasteiger partial charge in [0.05, 0.1) is 0 Å². The topological polar surface area (TPSA) is 44.0 Å². The summed E-state index contributed by atoms with van der Waals surface area (Å²) in [5, 5.41) is 6.25. The van der Waals surface area contributed by atoms with Gasteiger partial charge in [0.1, 0.15) is 0 Å². The first kappa shape index (κ1) is 25.4. The van der Waals surface area contributed by atoms with Gasteiger partial charge < -0.3 is 25.0 Å². The SMILES string of the molecule is [CH2-]C.[CH2-]C.[NH-]O.[Ta]. The molecule has 0 saturated heterocycles. The Labute approximate surface area is 61.6 Å². The molecule has 0 aromatic heterocycles. The van der Waals surface area contributed by atoms with Crippen molar-refractivity contribution in [2.24, 2.45) is 0 Å². The molecule has 0 bridgehead atoms. The fourth-order valence-corrected chi connectivity index (χ4v) is 0. The van der Waals surface area contributed by atoms with Crippen LogP contribution in [0.3, 0.4) is 0 Å². The Morgan fingerprint density at radius 3 is 1.00 bits per heavy atom. The van der Waals surface area contributed by atoms with E-state index in [0.717, 1.165) is 0 Å². The van der Waals surface area contributed by atoms with Gasteiger partial charge in [-0.05, 0) is 0 Å². The molecule has 0 aliphatic rings. The Morgan fingerprint density at radius 1 is 1.00 bits per heavy atom. The fourth-order valence-electron chi connectivity index (χ4n) is 0. The average molecular weight is 271 g/mol. The monoisotopic (exact) mass is 271 g/mol. The number of rotatable bonds is 0. The molecule has 1 radical (unpaired) electrons. The van der Waals surface area contributed by atoms with Crippen molar-refractivity contribution in [1.82, 2.24) is 0 Å². The van der Waals surface area contributed by atoms with Crippen LogP contribution in [0.25, 0.3) is 5.90 Å². The van der Waals surface area contributed by atoms with Crippen LogP contribution in [-0.4, -0.2) is 5.21 Å². The largest absolute Gasteiger partial charge is 0.553 e. The summed E-state index contributed by atoms with van der Waals surface area (Å²) in [6, 6.07) is 0. The Bertz CT molecular complexity index is 11.7. The smallest absolute Gasteiger partial charge is 0 e. The molecule has 0 aromatic carbocycles. The van der Waals surface area contributed by atoms with Gasteiger partial charge in [0, 0.05) is 22.4 Å². The number of hydrogen-bond acceptors (Lipinski definition) is 1. The van der Waals surface area contributed by atoms with Gasteiger partial charge in [-0.2, -0.15) is 13.8 Å².